The molecule has 3 aromatic rings. The number of sulfonamides is 1. The highest BCUT2D eigenvalue weighted by Gasteiger charge is 2.26. The predicted octanol–water partition coefficient (Wildman–Crippen LogP) is 3.94. The zero-order valence-electron chi connectivity index (χ0n) is 18.4. The summed E-state index contributed by atoms with van der Waals surface area (Å²) >= 11 is 1.29. The lowest BCUT2D eigenvalue weighted by Crippen LogP contribution is -2.35. The molecule has 1 aliphatic rings. The smallest absolute Gasteiger partial charge is 0.244 e. The van der Waals surface area contributed by atoms with Crippen LogP contribution < -0.4 is 0 Å². The fraction of sp³-hybridized carbons (Fsp3) is 0.409. The molecule has 0 saturated carbocycles. The van der Waals surface area contributed by atoms with E-state index in [2.05, 4.69) is 10.1 Å². The van der Waals surface area contributed by atoms with Gasteiger partial charge in [0.1, 0.15) is 10.7 Å². The molecule has 0 amide bonds. The number of rotatable bonds is 7. The summed E-state index contributed by atoms with van der Waals surface area (Å²) in [4.78, 5) is 17.3. The van der Waals surface area contributed by atoms with Gasteiger partial charge in [-0.05, 0) is 51.8 Å². The van der Waals surface area contributed by atoms with Crippen molar-refractivity contribution < 1.29 is 17.7 Å². The molecule has 0 spiro atoms. The lowest BCUT2D eigenvalue weighted by Gasteiger charge is -2.25. The van der Waals surface area contributed by atoms with E-state index in [1.54, 1.807) is 12.1 Å². The number of nitrogens with zero attached hydrogens (tertiary/aromatic N) is 4. The molecule has 1 aliphatic heterocycles. The largest absolute Gasteiger partial charge is 0.360 e. The van der Waals surface area contributed by atoms with Crippen LogP contribution in [0, 0.1) is 20.8 Å². The number of pyridine rings is 1. The first kappa shape index (κ1) is 22.8. The molecule has 1 saturated heterocycles. The molecule has 4 heterocycles. The molecule has 1 fully saturated rings. The monoisotopic (exact) mass is 474 g/mol. The van der Waals surface area contributed by atoms with Crippen LogP contribution in [0.25, 0.3) is 5.82 Å². The summed E-state index contributed by atoms with van der Waals surface area (Å²) in [5.41, 5.74) is 2.33. The Morgan fingerprint density at radius 2 is 1.88 bits per heavy atom. The second kappa shape index (κ2) is 9.21. The topological polar surface area (TPSA) is 98.3 Å². The van der Waals surface area contributed by atoms with Gasteiger partial charge in [0, 0.05) is 42.3 Å². The van der Waals surface area contributed by atoms with Crippen LogP contribution in [0.2, 0.25) is 0 Å². The Hall–Kier alpha value is -2.43. The van der Waals surface area contributed by atoms with Crippen LogP contribution in [-0.2, 0) is 10.0 Å². The molecule has 10 heteroatoms. The first-order valence-corrected chi connectivity index (χ1v) is 12.9. The fourth-order valence-corrected chi connectivity index (χ4v) is 6.12. The Balaban J connectivity index is 1.43. The van der Waals surface area contributed by atoms with Gasteiger partial charge in [-0.2, -0.15) is 4.31 Å². The first-order valence-electron chi connectivity index (χ1n) is 10.5. The van der Waals surface area contributed by atoms with Crippen LogP contribution >= 0.6 is 11.8 Å². The van der Waals surface area contributed by atoms with E-state index in [0.717, 1.165) is 30.7 Å². The number of carbonyl (C=O) groups excluding carboxylic acids is 1. The third kappa shape index (κ3) is 4.53. The predicted molar refractivity (Wildman–Crippen MR) is 122 cm³/mol. The molecule has 0 radical (unpaired) electrons. The molecule has 0 atom stereocenters. The first-order chi connectivity index (χ1) is 15.3. The Kier molecular flexibility index (Phi) is 6.55. The van der Waals surface area contributed by atoms with Gasteiger partial charge in [0.2, 0.25) is 10.0 Å². The average molecular weight is 475 g/mol. The summed E-state index contributed by atoms with van der Waals surface area (Å²) in [6.45, 7) is 6.74. The van der Waals surface area contributed by atoms with Gasteiger partial charge in [-0.1, -0.05) is 23.3 Å². The van der Waals surface area contributed by atoms with E-state index in [-0.39, 0.29) is 16.4 Å². The molecule has 3 aromatic heterocycles. The molecule has 0 N–H and O–H groups in total. The van der Waals surface area contributed by atoms with Crippen LogP contribution in [0.1, 0.15) is 46.8 Å². The van der Waals surface area contributed by atoms with Crippen LogP contribution in [0.3, 0.4) is 0 Å². The van der Waals surface area contributed by atoms with Crippen LogP contribution in [-0.4, -0.2) is 52.1 Å². The molecule has 170 valence electrons. The summed E-state index contributed by atoms with van der Waals surface area (Å²) in [7, 11) is -3.51. The molecular formula is C22H26N4O4S2. The van der Waals surface area contributed by atoms with Crippen LogP contribution in [0.4, 0.5) is 0 Å². The van der Waals surface area contributed by atoms with Gasteiger partial charge >= 0.3 is 0 Å². The maximum absolute atomic E-state index is 12.9. The highest BCUT2D eigenvalue weighted by molar-refractivity contribution is 7.99. The minimum absolute atomic E-state index is 0.0265. The number of aryl methyl sites for hydroxylation is 2. The normalized spacial score (nSPS) is 15.2. The zero-order valence-corrected chi connectivity index (χ0v) is 20.0. The number of thioether (sulfide) groups is 1. The van der Waals surface area contributed by atoms with Gasteiger partial charge < -0.3 is 4.52 Å². The van der Waals surface area contributed by atoms with Crippen LogP contribution in [0.5, 0.6) is 0 Å². The van der Waals surface area contributed by atoms with E-state index in [1.165, 1.54) is 22.3 Å². The van der Waals surface area contributed by atoms with Crippen molar-refractivity contribution in [1.29, 1.82) is 0 Å². The van der Waals surface area contributed by atoms with E-state index in [9.17, 15) is 13.2 Å². The minimum Gasteiger partial charge on any atom is -0.360 e. The minimum atomic E-state index is -3.51. The van der Waals surface area contributed by atoms with Gasteiger partial charge in [-0.25, -0.2) is 13.4 Å². The van der Waals surface area contributed by atoms with Crippen LogP contribution in [0.15, 0.2) is 44.9 Å². The number of Topliss-reactive ketones (excluding diaryl/α,β-unsaturated/α-hetero) is 1. The molecule has 0 bridgehead atoms. The highest BCUT2D eigenvalue weighted by atomic mass is 32.2. The van der Waals surface area contributed by atoms with Crippen molar-refractivity contribution in [2.24, 2.45) is 0 Å². The molecular weight excluding hydrogens is 448 g/mol. The lowest BCUT2D eigenvalue weighted by molar-refractivity contribution is 0.102. The molecule has 4 rings (SSSR count). The Bertz CT molecular complexity index is 1220. The number of aromatic nitrogens is 3. The lowest BCUT2D eigenvalue weighted by atomic mass is 10.2. The van der Waals surface area contributed by atoms with E-state index in [0.29, 0.717) is 35.3 Å². The van der Waals surface area contributed by atoms with E-state index in [1.807, 2.05) is 37.5 Å². The van der Waals surface area contributed by atoms with Crippen molar-refractivity contribution in [3.8, 4) is 5.82 Å². The van der Waals surface area contributed by atoms with Gasteiger partial charge in [0.15, 0.2) is 11.6 Å². The van der Waals surface area contributed by atoms with E-state index < -0.39 is 10.0 Å². The second-order valence-corrected chi connectivity index (χ2v) is 10.9. The number of piperidine rings is 1. The molecule has 0 aliphatic carbocycles. The van der Waals surface area contributed by atoms with Gasteiger partial charge in [-0.15, -0.1) is 0 Å². The van der Waals surface area contributed by atoms with Gasteiger partial charge in [0.05, 0.1) is 10.8 Å². The van der Waals surface area contributed by atoms with Crippen molar-refractivity contribution >= 4 is 27.6 Å². The van der Waals surface area contributed by atoms with Crippen molar-refractivity contribution in [2.75, 3.05) is 18.8 Å². The third-order valence-corrected chi connectivity index (χ3v) is 8.42. The standard InChI is InChI=1S/C22H26N4O4S2/c1-15-11-19(17(3)26(15)21-12-16(2)30-24-21)20(27)14-31-22-8-7-18(13-23-22)32(28,29)25-9-5-4-6-10-25/h7-8,11-13H,4-6,9-10,14H2,1-3H3. The molecule has 0 unspecified atom stereocenters. The highest BCUT2D eigenvalue weighted by Crippen LogP contribution is 2.25. The van der Waals surface area contributed by atoms with Crippen molar-refractivity contribution in [3.63, 3.8) is 0 Å². The molecule has 32 heavy (non-hydrogen) atoms. The van der Waals surface area contributed by atoms with Crippen molar-refractivity contribution in [3.05, 3.63) is 53.2 Å². The second-order valence-electron chi connectivity index (χ2n) is 7.92. The van der Waals surface area contributed by atoms with Gasteiger partial charge in [-0.3, -0.25) is 9.36 Å². The number of hydrogen-bond donors (Lipinski definition) is 0. The number of hydrogen-bond acceptors (Lipinski definition) is 7. The van der Waals surface area contributed by atoms with E-state index >= 15 is 0 Å². The molecule has 8 nitrogen and oxygen atoms in total. The summed E-state index contributed by atoms with van der Waals surface area (Å²) in [5.74, 6) is 1.53. The van der Waals surface area contributed by atoms with Crippen molar-refractivity contribution in [1.82, 2.24) is 19.0 Å². The number of carbonyl (C=O) groups is 1. The van der Waals surface area contributed by atoms with E-state index in [4.69, 9.17) is 4.52 Å². The summed E-state index contributed by atoms with van der Waals surface area (Å²) in [5, 5.41) is 4.65. The Morgan fingerprint density at radius 1 is 1.12 bits per heavy atom. The quantitative estimate of drug-likeness (QED) is 0.378. The fourth-order valence-electron chi connectivity index (χ4n) is 3.93. The zero-order chi connectivity index (χ0) is 22.9. The summed E-state index contributed by atoms with van der Waals surface area (Å²) in [6.07, 6.45) is 4.23. The Morgan fingerprint density at radius 3 is 2.50 bits per heavy atom. The summed E-state index contributed by atoms with van der Waals surface area (Å²) < 4.78 is 34.1. The summed E-state index contributed by atoms with van der Waals surface area (Å²) in [6, 6.07) is 6.91. The third-order valence-electron chi connectivity index (χ3n) is 5.59. The molecule has 0 aromatic carbocycles. The van der Waals surface area contributed by atoms with Crippen molar-refractivity contribution in [2.45, 2.75) is 50.0 Å². The SMILES string of the molecule is Cc1cc(-n2c(C)cc(C(=O)CSc3ccc(S(=O)(=O)N4CCCCC4)cn3)c2C)no1. The number of ketones is 1. The average Bonchev–Trinajstić information content (AvgIpc) is 3.34. The maximum Gasteiger partial charge on any atom is 0.244 e. The van der Waals surface area contributed by atoms with Gasteiger partial charge in [0.25, 0.3) is 0 Å². The Labute approximate surface area is 192 Å². The maximum atomic E-state index is 12.9.